The molecule has 0 amide bonds. The van der Waals surface area contributed by atoms with E-state index in [1.54, 1.807) is 6.92 Å². The van der Waals surface area contributed by atoms with Crippen molar-refractivity contribution in [3.05, 3.63) is 35.7 Å². The summed E-state index contributed by atoms with van der Waals surface area (Å²) in [6, 6.07) is 8.40. The molecule has 0 aliphatic carbocycles. The Balaban J connectivity index is 0.00000144. The molecule has 8 heteroatoms. The van der Waals surface area contributed by atoms with E-state index in [1.165, 1.54) is 5.56 Å². The van der Waals surface area contributed by atoms with Gasteiger partial charge >= 0.3 is 0 Å². The smallest absolute Gasteiger partial charge is 0.223 e. The first kappa shape index (κ1) is 21.0. The lowest BCUT2D eigenvalue weighted by atomic mass is 10.0. The molecule has 1 saturated heterocycles. The average molecular weight is 371 g/mol. The van der Waals surface area contributed by atoms with Crippen molar-refractivity contribution in [1.82, 2.24) is 20.4 Å². The molecule has 1 aromatic heterocycles. The quantitative estimate of drug-likeness (QED) is 0.833. The first-order valence-corrected chi connectivity index (χ1v) is 7.64. The molecule has 0 spiro atoms. The summed E-state index contributed by atoms with van der Waals surface area (Å²) in [5, 5.41) is 17.0. The normalized spacial score (nSPS) is 18.7. The van der Waals surface area contributed by atoms with Gasteiger partial charge in [-0.2, -0.15) is 32.0 Å². The molecule has 0 saturated carbocycles. The maximum atomic E-state index is 9.66. The van der Waals surface area contributed by atoms with Crippen LogP contribution in [0.25, 0.3) is 11.4 Å². The Kier molecular flexibility index (Phi) is 8.24. The van der Waals surface area contributed by atoms with E-state index in [-0.39, 0.29) is 39.1 Å². The standard InChI is InChI=1S/C16H22N4O2.2H2S/c1-11-18-16(19-22-11)13-5-3-4-12(8-13)15(17-2)10-20-7-6-14(21)9-20;;/h3-5,8,14-15,17,21H,6-7,9-10H2,1-2H3;2*1H2/t14-,15+;;/m0../s1. The molecule has 0 bridgehead atoms. The number of likely N-dealkylation sites (N-methyl/N-ethyl adjacent to an activating group) is 1. The van der Waals surface area contributed by atoms with Gasteiger partial charge in [0.1, 0.15) is 0 Å². The molecule has 1 aliphatic rings. The lowest BCUT2D eigenvalue weighted by molar-refractivity contribution is 0.173. The Morgan fingerprint density at radius 3 is 2.79 bits per heavy atom. The molecule has 2 aromatic rings. The number of benzene rings is 1. The lowest BCUT2D eigenvalue weighted by Crippen LogP contribution is -2.33. The number of aliphatic hydroxyl groups excluding tert-OH is 1. The van der Waals surface area contributed by atoms with Gasteiger partial charge in [0.2, 0.25) is 11.7 Å². The number of aliphatic hydroxyl groups is 1. The zero-order chi connectivity index (χ0) is 15.5. The maximum absolute atomic E-state index is 9.66. The van der Waals surface area contributed by atoms with E-state index in [4.69, 9.17) is 4.52 Å². The van der Waals surface area contributed by atoms with Gasteiger partial charge in [0, 0.05) is 38.2 Å². The molecule has 2 N–H and O–H groups in total. The summed E-state index contributed by atoms with van der Waals surface area (Å²) in [4.78, 5) is 6.57. The first-order chi connectivity index (χ1) is 10.7. The third-order valence-electron chi connectivity index (χ3n) is 4.11. The fraction of sp³-hybridized carbons (Fsp3) is 0.500. The number of β-amino-alcohol motifs (C(OH)–C–C–N with tert-alkyl or cyclic N) is 1. The van der Waals surface area contributed by atoms with E-state index in [0.29, 0.717) is 11.7 Å². The average Bonchev–Trinajstić information content (AvgIpc) is 3.13. The first-order valence-electron chi connectivity index (χ1n) is 7.64. The van der Waals surface area contributed by atoms with Gasteiger partial charge < -0.3 is 14.9 Å². The fourth-order valence-electron chi connectivity index (χ4n) is 2.91. The Hall–Kier alpha value is -1.06. The topological polar surface area (TPSA) is 74.4 Å². The van der Waals surface area contributed by atoms with Crippen molar-refractivity contribution < 1.29 is 9.63 Å². The van der Waals surface area contributed by atoms with Crippen LogP contribution in [0.15, 0.2) is 28.8 Å². The van der Waals surface area contributed by atoms with Crippen LogP contribution in [0.3, 0.4) is 0 Å². The monoisotopic (exact) mass is 370 g/mol. The molecule has 6 nitrogen and oxygen atoms in total. The fourth-order valence-corrected chi connectivity index (χ4v) is 2.91. The summed E-state index contributed by atoms with van der Waals surface area (Å²) in [5.41, 5.74) is 2.14. The Bertz CT molecular complexity index is 638. The zero-order valence-electron chi connectivity index (χ0n) is 14.0. The summed E-state index contributed by atoms with van der Waals surface area (Å²) in [5.74, 6) is 1.18. The van der Waals surface area contributed by atoms with Gasteiger partial charge in [0.15, 0.2) is 0 Å². The molecule has 0 radical (unpaired) electrons. The van der Waals surface area contributed by atoms with Crippen molar-refractivity contribution in [2.75, 3.05) is 26.7 Å². The number of hydrogen-bond acceptors (Lipinski definition) is 6. The van der Waals surface area contributed by atoms with Crippen LogP contribution in [-0.4, -0.2) is 52.9 Å². The second-order valence-corrected chi connectivity index (χ2v) is 5.81. The van der Waals surface area contributed by atoms with E-state index in [9.17, 15) is 5.11 Å². The van der Waals surface area contributed by atoms with E-state index in [2.05, 4.69) is 32.5 Å². The third kappa shape index (κ3) is 4.97. The second kappa shape index (κ2) is 9.43. The van der Waals surface area contributed by atoms with Crippen LogP contribution < -0.4 is 5.32 Å². The van der Waals surface area contributed by atoms with Crippen LogP contribution in [0.1, 0.15) is 23.9 Å². The molecule has 3 rings (SSSR count). The number of nitrogens with zero attached hydrogens (tertiary/aromatic N) is 3. The van der Waals surface area contributed by atoms with Crippen molar-refractivity contribution in [3.63, 3.8) is 0 Å². The van der Waals surface area contributed by atoms with E-state index >= 15 is 0 Å². The highest BCUT2D eigenvalue weighted by atomic mass is 32.1. The molecule has 2 atom stereocenters. The van der Waals surface area contributed by atoms with Gasteiger partial charge in [-0.05, 0) is 25.1 Å². The van der Waals surface area contributed by atoms with Crippen LogP contribution in [0.5, 0.6) is 0 Å². The number of aromatic nitrogens is 2. The summed E-state index contributed by atoms with van der Waals surface area (Å²) in [6.07, 6.45) is 0.671. The summed E-state index contributed by atoms with van der Waals surface area (Å²) >= 11 is 0. The molecule has 1 aliphatic heterocycles. The predicted octanol–water partition coefficient (Wildman–Crippen LogP) is 1.60. The third-order valence-corrected chi connectivity index (χ3v) is 4.11. The van der Waals surface area contributed by atoms with Gasteiger partial charge in [-0.1, -0.05) is 23.4 Å². The SMILES string of the molecule is CN[C@H](CN1CC[C@H](O)C1)c1cccc(-c2noc(C)n2)c1.S.S. The van der Waals surface area contributed by atoms with Gasteiger partial charge in [-0.3, -0.25) is 4.90 Å². The van der Waals surface area contributed by atoms with E-state index < -0.39 is 0 Å². The molecule has 2 heterocycles. The largest absolute Gasteiger partial charge is 0.392 e. The van der Waals surface area contributed by atoms with Crippen molar-refractivity contribution in [1.29, 1.82) is 0 Å². The number of aryl methyl sites for hydroxylation is 1. The van der Waals surface area contributed by atoms with Crippen LogP contribution in [0.2, 0.25) is 0 Å². The number of nitrogens with one attached hydrogen (secondary N) is 1. The van der Waals surface area contributed by atoms with Crippen molar-refractivity contribution >= 4 is 27.0 Å². The van der Waals surface area contributed by atoms with Gasteiger partial charge in [0.05, 0.1) is 6.10 Å². The lowest BCUT2D eigenvalue weighted by Gasteiger charge is -2.23. The molecule has 134 valence electrons. The van der Waals surface area contributed by atoms with Crippen LogP contribution in [0.4, 0.5) is 0 Å². The molecule has 1 fully saturated rings. The molecule has 0 unspecified atom stereocenters. The molecule has 24 heavy (non-hydrogen) atoms. The van der Waals surface area contributed by atoms with Crippen molar-refractivity contribution in [2.24, 2.45) is 0 Å². The van der Waals surface area contributed by atoms with E-state index in [0.717, 1.165) is 31.6 Å². The van der Waals surface area contributed by atoms with E-state index in [1.807, 2.05) is 19.2 Å². The number of rotatable bonds is 5. The summed E-state index contributed by atoms with van der Waals surface area (Å²) < 4.78 is 5.05. The minimum absolute atomic E-state index is 0. The molecular weight excluding hydrogens is 344 g/mol. The minimum Gasteiger partial charge on any atom is -0.392 e. The molecule has 1 aromatic carbocycles. The van der Waals surface area contributed by atoms with Crippen LogP contribution in [0, 0.1) is 6.92 Å². The van der Waals surface area contributed by atoms with Gasteiger partial charge in [-0.25, -0.2) is 0 Å². The number of hydrogen-bond donors (Lipinski definition) is 2. The van der Waals surface area contributed by atoms with Crippen molar-refractivity contribution in [2.45, 2.75) is 25.5 Å². The minimum atomic E-state index is -0.189. The Morgan fingerprint density at radius 2 is 2.21 bits per heavy atom. The summed E-state index contributed by atoms with van der Waals surface area (Å²) in [7, 11) is 1.96. The zero-order valence-corrected chi connectivity index (χ0v) is 16.0. The highest BCUT2D eigenvalue weighted by Crippen LogP contribution is 2.23. The van der Waals surface area contributed by atoms with Crippen LogP contribution in [-0.2, 0) is 0 Å². The highest BCUT2D eigenvalue weighted by Gasteiger charge is 2.23. The van der Waals surface area contributed by atoms with Crippen molar-refractivity contribution in [3.8, 4) is 11.4 Å². The number of likely N-dealkylation sites (tertiary alicyclic amines) is 1. The van der Waals surface area contributed by atoms with Gasteiger partial charge in [-0.15, -0.1) is 0 Å². The predicted molar refractivity (Wildman–Crippen MR) is 104 cm³/mol. The Labute approximate surface area is 156 Å². The maximum Gasteiger partial charge on any atom is 0.223 e. The second-order valence-electron chi connectivity index (χ2n) is 5.81. The summed E-state index contributed by atoms with van der Waals surface area (Å²) in [6.45, 7) is 4.36. The molecular formula is C16H26N4O2S2. The van der Waals surface area contributed by atoms with Gasteiger partial charge in [0.25, 0.3) is 0 Å². The van der Waals surface area contributed by atoms with Crippen LogP contribution >= 0.6 is 27.0 Å². The Morgan fingerprint density at radius 1 is 1.42 bits per heavy atom. The highest BCUT2D eigenvalue weighted by molar-refractivity contribution is 7.59.